The number of thioether (sulfide) groups is 1. The van der Waals surface area contributed by atoms with Crippen LogP contribution in [-0.2, 0) is 12.3 Å². The Hall–Kier alpha value is -2.45. The molecule has 0 amide bonds. The molecule has 4 aromatic rings. The molecule has 0 aliphatic carbocycles. The number of para-hydroxylation sites is 2. The first-order valence-corrected chi connectivity index (χ1v) is 9.35. The second kappa shape index (κ2) is 7.20. The molecular formula is C17H13FN4OS2. The summed E-state index contributed by atoms with van der Waals surface area (Å²) in [6.07, 6.45) is 0. The van der Waals surface area contributed by atoms with Crippen LogP contribution < -0.4 is 5.32 Å². The Balaban J connectivity index is 1.33. The highest BCUT2D eigenvalue weighted by atomic mass is 32.2. The first kappa shape index (κ1) is 16.0. The second-order valence-corrected chi connectivity index (χ2v) is 7.42. The Bertz CT molecular complexity index is 951. The third-order valence-electron chi connectivity index (χ3n) is 3.42. The summed E-state index contributed by atoms with van der Waals surface area (Å²) in [5, 5.41) is 12.2. The molecule has 25 heavy (non-hydrogen) atoms. The maximum absolute atomic E-state index is 12.9. The quantitative estimate of drug-likeness (QED) is 0.494. The molecule has 0 atom stereocenters. The second-order valence-electron chi connectivity index (χ2n) is 5.22. The molecule has 0 saturated carbocycles. The molecule has 5 nitrogen and oxygen atoms in total. The predicted molar refractivity (Wildman–Crippen MR) is 97.2 cm³/mol. The first-order valence-electron chi connectivity index (χ1n) is 7.55. The van der Waals surface area contributed by atoms with Crippen molar-refractivity contribution >= 4 is 39.3 Å². The smallest absolute Gasteiger partial charge is 0.206 e. The molecule has 0 spiro atoms. The topological polar surface area (TPSA) is 63.8 Å². The van der Waals surface area contributed by atoms with E-state index < -0.39 is 0 Å². The SMILES string of the molecule is Fc1ccc(CNc2nnc(SCc3nc4ccccc4o3)s2)cc1. The van der Waals surface area contributed by atoms with Gasteiger partial charge in [0.05, 0.1) is 5.75 Å². The van der Waals surface area contributed by atoms with E-state index >= 15 is 0 Å². The zero-order valence-corrected chi connectivity index (χ0v) is 14.6. The van der Waals surface area contributed by atoms with Crippen LogP contribution in [0.15, 0.2) is 57.3 Å². The molecule has 0 bridgehead atoms. The number of halogens is 1. The number of hydrogen-bond donors (Lipinski definition) is 1. The highest BCUT2D eigenvalue weighted by Gasteiger charge is 2.09. The van der Waals surface area contributed by atoms with E-state index in [0.29, 0.717) is 18.2 Å². The van der Waals surface area contributed by atoms with Gasteiger partial charge in [-0.3, -0.25) is 0 Å². The molecular weight excluding hydrogens is 359 g/mol. The van der Waals surface area contributed by atoms with Crippen LogP contribution in [0.4, 0.5) is 9.52 Å². The van der Waals surface area contributed by atoms with E-state index in [0.717, 1.165) is 26.1 Å². The summed E-state index contributed by atoms with van der Waals surface area (Å²) < 4.78 is 19.4. The van der Waals surface area contributed by atoms with Crippen LogP contribution in [-0.4, -0.2) is 15.2 Å². The standard InChI is InChI=1S/C17H13FN4OS2/c18-12-7-5-11(6-8-12)9-19-16-21-22-17(25-16)24-10-15-20-13-3-1-2-4-14(13)23-15/h1-8H,9-10H2,(H,19,21). The Kier molecular flexibility index (Phi) is 4.62. The van der Waals surface area contributed by atoms with Crippen molar-refractivity contribution < 1.29 is 8.81 Å². The number of aromatic nitrogens is 3. The molecule has 2 aromatic heterocycles. The minimum absolute atomic E-state index is 0.238. The molecule has 126 valence electrons. The van der Waals surface area contributed by atoms with Gasteiger partial charge in [0.15, 0.2) is 9.92 Å². The molecule has 0 aliphatic heterocycles. The number of benzene rings is 2. The van der Waals surface area contributed by atoms with Crippen LogP contribution in [0, 0.1) is 5.82 Å². The molecule has 0 saturated heterocycles. The maximum Gasteiger partial charge on any atom is 0.206 e. The van der Waals surface area contributed by atoms with E-state index in [1.807, 2.05) is 24.3 Å². The fourth-order valence-corrected chi connectivity index (χ4v) is 3.82. The van der Waals surface area contributed by atoms with Gasteiger partial charge in [0.2, 0.25) is 11.0 Å². The molecule has 0 unspecified atom stereocenters. The van der Waals surface area contributed by atoms with Gasteiger partial charge in [-0.15, -0.1) is 10.2 Å². The molecule has 0 radical (unpaired) electrons. The Morgan fingerprint density at radius 2 is 1.92 bits per heavy atom. The van der Waals surface area contributed by atoms with E-state index in [1.54, 1.807) is 12.1 Å². The zero-order chi connectivity index (χ0) is 17.1. The Morgan fingerprint density at radius 3 is 2.76 bits per heavy atom. The number of anilines is 1. The summed E-state index contributed by atoms with van der Waals surface area (Å²) in [6, 6.07) is 14.1. The number of rotatable bonds is 6. The normalized spacial score (nSPS) is 11.1. The highest BCUT2D eigenvalue weighted by molar-refractivity contribution is 8.00. The lowest BCUT2D eigenvalue weighted by Crippen LogP contribution is -1.98. The highest BCUT2D eigenvalue weighted by Crippen LogP contribution is 2.29. The molecule has 1 N–H and O–H groups in total. The lowest BCUT2D eigenvalue weighted by atomic mass is 10.2. The molecule has 0 fully saturated rings. The van der Waals surface area contributed by atoms with Gasteiger partial charge in [-0.05, 0) is 29.8 Å². The van der Waals surface area contributed by atoms with Gasteiger partial charge in [0, 0.05) is 6.54 Å². The van der Waals surface area contributed by atoms with E-state index in [4.69, 9.17) is 4.42 Å². The maximum atomic E-state index is 12.9. The summed E-state index contributed by atoms with van der Waals surface area (Å²) in [4.78, 5) is 4.44. The third kappa shape index (κ3) is 3.97. The molecule has 4 rings (SSSR count). The van der Waals surface area contributed by atoms with Gasteiger partial charge in [-0.1, -0.05) is 47.4 Å². The van der Waals surface area contributed by atoms with Crippen molar-refractivity contribution in [3.63, 3.8) is 0 Å². The largest absolute Gasteiger partial charge is 0.440 e. The molecule has 2 heterocycles. The molecule has 0 aliphatic rings. The van der Waals surface area contributed by atoms with E-state index in [1.165, 1.54) is 35.2 Å². The summed E-state index contributed by atoms with van der Waals surface area (Å²) in [5.74, 6) is 1.03. The lowest BCUT2D eigenvalue weighted by molar-refractivity contribution is 0.556. The average molecular weight is 372 g/mol. The van der Waals surface area contributed by atoms with Crippen LogP contribution in [0.3, 0.4) is 0 Å². The van der Waals surface area contributed by atoms with Crippen LogP contribution in [0.1, 0.15) is 11.5 Å². The van der Waals surface area contributed by atoms with Crippen LogP contribution in [0.2, 0.25) is 0 Å². The fourth-order valence-electron chi connectivity index (χ4n) is 2.22. The van der Waals surface area contributed by atoms with Crippen molar-refractivity contribution in [1.29, 1.82) is 0 Å². The van der Waals surface area contributed by atoms with Crippen molar-refractivity contribution in [1.82, 2.24) is 15.2 Å². The fraction of sp³-hybridized carbons (Fsp3) is 0.118. The van der Waals surface area contributed by atoms with Gasteiger partial charge in [0.25, 0.3) is 0 Å². The monoisotopic (exact) mass is 372 g/mol. The minimum Gasteiger partial charge on any atom is -0.440 e. The van der Waals surface area contributed by atoms with Crippen LogP contribution in [0.25, 0.3) is 11.1 Å². The van der Waals surface area contributed by atoms with Crippen molar-refractivity contribution in [3.8, 4) is 0 Å². The van der Waals surface area contributed by atoms with Crippen molar-refractivity contribution in [2.75, 3.05) is 5.32 Å². The van der Waals surface area contributed by atoms with Gasteiger partial charge in [-0.25, -0.2) is 9.37 Å². The average Bonchev–Trinajstić information content (AvgIpc) is 3.25. The lowest BCUT2D eigenvalue weighted by Gasteiger charge is -2.01. The van der Waals surface area contributed by atoms with E-state index in [9.17, 15) is 4.39 Å². The number of nitrogens with one attached hydrogen (secondary N) is 1. The minimum atomic E-state index is -0.238. The van der Waals surface area contributed by atoms with Crippen molar-refractivity contribution in [2.24, 2.45) is 0 Å². The van der Waals surface area contributed by atoms with Crippen molar-refractivity contribution in [2.45, 2.75) is 16.6 Å². The summed E-state index contributed by atoms with van der Waals surface area (Å²) >= 11 is 3.00. The van der Waals surface area contributed by atoms with Gasteiger partial charge >= 0.3 is 0 Å². The molecule has 8 heteroatoms. The van der Waals surface area contributed by atoms with Crippen LogP contribution >= 0.6 is 23.1 Å². The van der Waals surface area contributed by atoms with Gasteiger partial charge in [0.1, 0.15) is 11.3 Å². The number of fused-ring (bicyclic) bond motifs is 1. The summed E-state index contributed by atoms with van der Waals surface area (Å²) in [7, 11) is 0. The summed E-state index contributed by atoms with van der Waals surface area (Å²) in [5.41, 5.74) is 2.63. The van der Waals surface area contributed by atoms with E-state index in [2.05, 4.69) is 20.5 Å². The Morgan fingerprint density at radius 1 is 1.08 bits per heavy atom. The van der Waals surface area contributed by atoms with Gasteiger partial charge < -0.3 is 9.73 Å². The van der Waals surface area contributed by atoms with Crippen molar-refractivity contribution in [3.05, 3.63) is 65.8 Å². The van der Waals surface area contributed by atoms with E-state index in [-0.39, 0.29) is 5.82 Å². The molecule has 2 aromatic carbocycles. The predicted octanol–water partition coefficient (Wildman–Crippen LogP) is 4.72. The first-order chi connectivity index (χ1) is 12.3. The zero-order valence-electron chi connectivity index (χ0n) is 13.0. The Labute approximate surface area is 151 Å². The number of hydrogen-bond acceptors (Lipinski definition) is 7. The van der Waals surface area contributed by atoms with Gasteiger partial charge in [-0.2, -0.15) is 0 Å². The number of nitrogens with zero attached hydrogens (tertiary/aromatic N) is 3. The number of oxazole rings is 1. The summed E-state index contributed by atoms with van der Waals surface area (Å²) in [6.45, 7) is 0.574. The van der Waals surface area contributed by atoms with Crippen LogP contribution in [0.5, 0.6) is 0 Å². The third-order valence-corrected chi connectivity index (χ3v) is 5.42.